The van der Waals surface area contributed by atoms with Gasteiger partial charge in [-0.2, -0.15) is 0 Å². The maximum Gasteiger partial charge on any atom is 0.221 e. The lowest BCUT2D eigenvalue weighted by atomic mass is 10.0. The average Bonchev–Trinajstić information content (AvgIpc) is 3.31. The molecule has 6 heteroatoms. The fourth-order valence-corrected chi connectivity index (χ4v) is 4.07. The zero-order valence-corrected chi connectivity index (χ0v) is 15.7. The van der Waals surface area contributed by atoms with E-state index in [1.807, 2.05) is 53.2 Å². The highest BCUT2D eigenvalue weighted by Crippen LogP contribution is 2.27. The Balaban J connectivity index is 1.67. The van der Waals surface area contributed by atoms with Crippen LogP contribution in [0.15, 0.2) is 59.3 Å². The molecule has 0 spiro atoms. The van der Waals surface area contributed by atoms with Crippen LogP contribution in [0.1, 0.15) is 39.0 Å². The first kappa shape index (κ1) is 17.9. The third-order valence-electron chi connectivity index (χ3n) is 3.71. The van der Waals surface area contributed by atoms with Gasteiger partial charge in [0.1, 0.15) is 0 Å². The summed E-state index contributed by atoms with van der Waals surface area (Å²) in [5, 5.41) is 7.53. The van der Waals surface area contributed by atoms with Gasteiger partial charge in [0, 0.05) is 22.7 Å². The number of benzene rings is 1. The minimum atomic E-state index is -0.235. The summed E-state index contributed by atoms with van der Waals surface area (Å²) in [7, 11) is 0. The van der Waals surface area contributed by atoms with Gasteiger partial charge >= 0.3 is 0 Å². The predicted molar refractivity (Wildman–Crippen MR) is 104 cm³/mol. The summed E-state index contributed by atoms with van der Waals surface area (Å²) >= 11 is 8.94. The number of nitrogens with one attached hydrogen (secondary N) is 1. The maximum absolute atomic E-state index is 12.4. The van der Waals surface area contributed by atoms with Crippen molar-refractivity contribution < 1.29 is 9.59 Å². The molecule has 25 heavy (non-hydrogen) atoms. The Morgan fingerprint density at radius 1 is 0.960 bits per heavy atom. The Morgan fingerprint density at radius 2 is 1.68 bits per heavy atom. The second kappa shape index (κ2) is 8.43. The molecule has 2 heterocycles. The van der Waals surface area contributed by atoms with Crippen LogP contribution in [0.4, 0.5) is 0 Å². The summed E-state index contributed by atoms with van der Waals surface area (Å²) in [4.78, 5) is 26.2. The van der Waals surface area contributed by atoms with E-state index < -0.39 is 0 Å². The monoisotopic (exact) mass is 389 g/mol. The third-order valence-corrected chi connectivity index (χ3v) is 5.81. The molecule has 0 bridgehead atoms. The van der Waals surface area contributed by atoms with Crippen molar-refractivity contribution in [3.05, 3.63) is 79.6 Å². The summed E-state index contributed by atoms with van der Waals surface area (Å²) in [6.07, 6.45) is 0.385. The lowest BCUT2D eigenvalue weighted by Gasteiger charge is -2.18. The van der Waals surface area contributed by atoms with E-state index in [2.05, 4.69) is 5.32 Å². The van der Waals surface area contributed by atoms with Gasteiger partial charge in [-0.05, 0) is 40.6 Å². The number of hydrogen-bond donors (Lipinski definition) is 1. The second-order valence-corrected chi connectivity index (χ2v) is 7.83. The molecule has 0 fully saturated rings. The largest absolute Gasteiger partial charge is 0.344 e. The van der Waals surface area contributed by atoms with E-state index in [0.717, 1.165) is 10.4 Å². The Labute approximate surface area is 159 Å². The van der Waals surface area contributed by atoms with Gasteiger partial charge in [0.2, 0.25) is 5.91 Å². The summed E-state index contributed by atoms with van der Waals surface area (Å²) in [5.41, 5.74) is 0.963. The molecule has 1 aromatic carbocycles. The third kappa shape index (κ3) is 4.78. The zero-order valence-electron chi connectivity index (χ0n) is 13.3. The quantitative estimate of drug-likeness (QED) is 0.555. The topological polar surface area (TPSA) is 46.2 Å². The fourth-order valence-electron chi connectivity index (χ4n) is 2.45. The van der Waals surface area contributed by atoms with Crippen molar-refractivity contribution in [2.75, 3.05) is 0 Å². The molecule has 3 nitrogen and oxygen atoms in total. The molecule has 2 aromatic heterocycles. The van der Waals surface area contributed by atoms with E-state index in [0.29, 0.717) is 9.90 Å². The van der Waals surface area contributed by atoms with E-state index in [1.54, 1.807) is 17.4 Å². The molecule has 1 amide bonds. The molecule has 0 unspecified atom stereocenters. The van der Waals surface area contributed by atoms with Gasteiger partial charge in [-0.25, -0.2) is 0 Å². The number of Topliss-reactive ketones (excluding diaryl/α,β-unsaturated/α-hetero) is 1. The molecule has 3 aromatic rings. The lowest BCUT2D eigenvalue weighted by Crippen LogP contribution is -2.29. The molecule has 0 aliphatic carbocycles. The fraction of sp³-hybridized carbons (Fsp3) is 0.158. The van der Waals surface area contributed by atoms with Crippen LogP contribution in [0.5, 0.6) is 0 Å². The van der Waals surface area contributed by atoms with E-state index in [1.165, 1.54) is 11.3 Å². The van der Waals surface area contributed by atoms with Crippen LogP contribution in [0.25, 0.3) is 0 Å². The van der Waals surface area contributed by atoms with Crippen LogP contribution in [0, 0.1) is 0 Å². The van der Waals surface area contributed by atoms with Crippen LogP contribution in [-0.4, -0.2) is 11.7 Å². The lowest BCUT2D eigenvalue weighted by molar-refractivity contribution is -0.121. The van der Waals surface area contributed by atoms with Crippen molar-refractivity contribution in [3.8, 4) is 0 Å². The van der Waals surface area contributed by atoms with Crippen molar-refractivity contribution >= 4 is 46.0 Å². The highest BCUT2D eigenvalue weighted by molar-refractivity contribution is 7.12. The van der Waals surface area contributed by atoms with Crippen molar-refractivity contribution in [2.24, 2.45) is 0 Å². The molecule has 1 atom stereocenters. The first-order valence-corrected chi connectivity index (χ1v) is 9.92. The number of thiophene rings is 2. The molecule has 128 valence electrons. The molecule has 3 rings (SSSR count). The molecule has 0 radical (unpaired) electrons. The minimum absolute atomic E-state index is 0.00400. The highest BCUT2D eigenvalue weighted by Gasteiger charge is 2.19. The van der Waals surface area contributed by atoms with Gasteiger partial charge in [0.15, 0.2) is 5.78 Å². The maximum atomic E-state index is 12.4. The van der Waals surface area contributed by atoms with Gasteiger partial charge in [0.05, 0.1) is 10.9 Å². The standard InChI is InChI=1S/C19H16ClNO2S2/c20-14-7-5-13(6-8-14)19(17-4-2-12-25-17)21-18(23)10-9-15(22)16-3-1-11-24-16/h1-8,11-12,19H,9-10H2,(H,21,23)/t19-/m1/s1. The van der Waals surface area contributed by atoms with Crippen molar-refractivity contribution in [3.63, 3.8) is 0 Å². The molecule has 1 N–H and O–H groups in total. The number of hydrogen-bond acceptors (Lipinski definition) is 4. The van der Waals surface area contributed by atoms with Gasteiger partial charge < -0.3 is 5.32 Å². The number of rotatable bonds is 7. The minimum Gasteiger partial charge on any atom is -0.344 e. The summed E-state index contributed by atoms with van der Waals surface area (Å²) in [5.74, 6) is -0.137. The normalized spacial score (nSPS) is 11.9. The summed E-state index contributed by atoms with van der Waals surface area (Å²) < 4.78 is 0. The Hall–Kier alpha value is -1.95. The predicted octanol–water partition coefficient (Wildman–Crippen LogP) is 5.33. The SMILES string of the molecule is O=C(CCC(=O)c1cccs1)N[C@H](c1ccc(Cl)cc1)c1cccs1. The number of amides is 1. The Kier molecular flexibility index (Phi) is 6.02. The second-order valence-electron chi connectivity index (χ2n) is 5.47. The molecular formula is C19H16ClNO2S2. The number of carbonyl (C=O) groups excluding carboxylic acids is 2. The van der Waals surface area contributed by atoms with Crippen LogP contribution in [0.2, 0.25) is 5.02 Å². The Morgan fingerprint density at radius 3 is 2.32 bits per heavy atom. The smallest absolute Gasteiger partial charge is 0.221 e. The van der Waals surface area contributed by atoms with Crippen LogP contribution in [-0.2, 0) is 4.79 Å². The van der Waals surface area contributed by atoms with E-state index >= 15 is 0 Å². The molecule has 0 saturated heterocycles. The summed E-state index contributed by atoms with van der Waals surface area (Å²) in [6, 6.07) is 14.8. The van der Waals surface area contributed by atoms with Crippen LogP contribution in [0.3, 0.4) is 0 Å². The van der Waals surface area contributed by atoms with E-state index in [-0.39, 0.29) is 30.6 Å². The van der Waals surface area contributed by atoms with Crippen LogP contribution >= 0.6 is 34.3 Å². The van der Waals surface area contributed by atoms with Crippen molar-refractivity contribution in [1.29, 1.82) is 0 Å². The number of ketones is 1. The van der Waals surface area contributed by atoms with Gasteiger partial charge in [-0.3, -0.25) is 9.59 Å². The highest BCUT2D eigenvalue weighted by atomic mass is 35.5. The first-order valence-electron chi connectivity index (χ1n) is 7.78. The first-order chi connectivity index (χ1) is 12.1. The molecule has 0 aliphatic heterocycles. The van der Waals surface area contributed by atoms with Gasteiger partial charge in [0.25, 0.3) is 0 Å². The molecule has 0 aliphatic rings. The molecular weight excluding hydrogens is 374 g/mol. The number of halogens is 1. The van der Waals surface area contributed by atoms with Gasteiger partial charge in [-0.1, -0.05) is 35.9 Å². The number of carbonyl (C=O) groups is 2. The van der Waals surface area contributed by atoms with Gasteiger partial charge in [-0.15, -0.1) is 22.7 Å². The van der Waals surface area contributed by atoms with Crippen molar-refractivity contribution in [2.45, 2.75) is 18.9 Å². The molecule has 0 saturated carbocycles. The van der Waals surface area contributed by atoms with E-state index in [9.17, 15) is 9.59 Å². The van der Waals surface area contributed by atoms with E-state index in [4.69, 9.17) is 11.6 Å². The van der Waals surface area contributed by atoms with Crippen molar-refractivity contribution in [1.82, 2.24) is 5.32 Å². The zero-order chi connectivity index (χ0) is 17.6. The van der Waals surface area contributed by atoms with Crippen LogP contribution < -0.4 is 5.32 Å². The summed E-state index contributed by atoms with van der Waals surface area (Å²) in [6.45, 7) is 0. The average molecular weight is 390 g/mol. The Bertz CT molecular complexity index is 827.